The first-order chi connectivity index (χ1) is 4.84. The summed E-state index contributed by atoms with van der Waals surface area (Å²) in [6.07, 6.45) is 7.75. The summed E-state index contributed by atoms with van der Waals surface area (Å²) in [6, 6.07) is 0. The molecule has 1 rings (SSSR count). The van der Waals surface area contributed by atoms with Gasteiger partial charge in [-0.25, -0.2) is 0 Å². The largest absolute Gasteiger partial charge is 0.512 e. The molecular formula is C7H10N2O. The Labute approximate surface area is 59.5 Å². The highest BCUT2D eigenvalue weighted by atomic mass is 16.3. The zero-order valence-corrected chi connectivity index (χ0v) is 5.57. The second-order valence-electron chi connectivity index (χ2n) is 2.16. The van der Waals surface area contributed by atoms with Crippen LogP contribution in [0.15, 0.2) is 29.1 Å². The summed E-state index contributed by atoms with van der Waals surface area (Å²) in [7, 11) is 0. The Hall–Kier alpha value is -1.25. The molecule has 1 unspecified atom stereocenters. The van der Waals surface area contributed by atoms with Crippen LogP contribution in [0.1, 0.15) is 6.42 Å². The van der Waals surface area contributed by atoms with Crippen molar-refractivity contribution in [1.82, 2.24) is 0 Å². The molecule has 0 aliphatic heterocycles. The number of allylic oxidation sites excluding steroid dienone is 4. The predicted molar refractivity (Wildman–Crippen MR) is 40.6 cm³/mol. The fourth-order valence-corrected chi connectivity index (χ4v) is 0.877. The van der Waals surface area contributed by atoms with Gasteiger partial charge in [0.25, 0.3) is 0 Å². The maximum Gasteiger partial charge on any atom is 0.101 e. The van der Waals surface area contributed by atoms with Gasteiger partial charge in [0.1, 0.15) is 5.76 Å². The number of rotatable bonds is 1. The van der Waals surface area contributed by atoms with Crippen LogP contribution in [0, 0.1) is 5.92 Å². The van der Waals surface area contributed by atoms with Gasteiger partial charge in [0.15, 0.2) is 0 Å². The lowest BCUT2D eigenvalue weighted by molar-refractivity contribution is 0.365. The van der Waals surface area contributed by atoms with Gasteiger partial charge in [-0.1, -0.05) is 12.2 Å². The van der Waals surface area contributed by atoms with E-state index < -0.39 is 0 Å². The minimum atomic E-state index is -0.0185. The summed E-state index contributed by atoms with van der Waals surface area (Å²) < 4.78 is 0. The number of hydrogen-bond donors (Lipinski definition) is 2. The normalized spacial score (nSPS) is 25.2. The van der Waals surface area contributed by atoms with Crippen molar-refractivity contribution in [1.29, 1.82) is 0 Å². The van der Waals surface area contributed by atoms with E-state index in [-0.39, 0.29) is 5.92 Å². The molecule has 0 heterocycles. The van der Waals surface area contributed by atoms with Crippen LogP contribution < -0.4 is 5.84 Å². The minimum Gasteiger partial charge on any atom is -0.512 e. The van der Waals surface area contributed by atoms with E-state index in [1.807, 2.05) is 12.2 Å². The third kappa shape index (κ3) is 1.37. The predicted octanol–water partition coefficient (Wildman–Crippen LogP) is 0.949. The van der Waals surface area contributed by atoms with Crippen LogP contribution in [0.4, 0.5) is 0 Å². The minimum absolute atomic E-state index is 0.0185. The maximum atomic E-state index is 9.16. The van der Waals surface area contributed by atoms with Crippen molar-refractivity contribution in [2.45, 2.75) is 6.42 Å². The second kappa shape index (κ2) is 3.06. The van der Waals surface area contributed by atoms with Crippen molar-refractivity contribution < 1.29 is 5.11 Å². The molecule has 1 aliphatic carbocycles. The summed E-state index contributed by atoms with van der Waals surface area (Å²) in [5.41, 5.74) is 0. The number of aliphatic hydroxyl groups is 1. The van der Waals surface area contributed by atoms with Gasteiger partial charge in [0, 0.05) is 6.21 Å². The SMILES string of the molecule is N/N=C/C1CC=CC=C1O. The summed E-state index contributed by atoms with van der Waals surface area (Å²) in [4.78, 5) is 0. The Kier molecular flexibility index (Phi) is 2.10. The summed E-state index contributed by atoms with van der Waals surface area (Å²) in [6.45, 7) is 0. The van der Waals surface area contributed by atoms with E-state index in [1.165, 1.54) is 6.21 Å². The molecule has 3 N–H and O–H groups in total. The highest BCUT2D eigenvalue weighted by Gasteiger charge is 2.10. The van der Waals surface area contributed by atoms with Crippen molar-refractivity contribution in [2.75, 3.05) is 0 Å². The van der Waals surface area contributed by atoms with Crippen LogP contribution in [-0.4, -0.2) is 11.3 Å². The number of nitrogens with two attached hydrogens (primary N) is 1. The Bertz CT molecular complexity index is 194. The topological polar surface area (TPSA) is 58.6 Å². The van der Waals surface area contributed by atoms with Crippen LogP contribution in [0.2, 0.25) is 0 Å². The van der Waals surface area contributed by atoms with Gasteiger partial charge in [0.2, 0.25) is 0 Å². The molecule has 0 saturated carbocycles. The quantitative estimate of drug-likeness (QED) is 0.322. The molecule has 3 nitrogen and oxygen atoms in total. The molecule has 54 valence electrons. The monoisotopic (exact) mass is 138 g/mol. The molecule has 3 heteroatoms. The van der Waals surface area contributed by atoms with Gasteiger partial charge in [-0.15, -0.1) is 0 Å². The third-order valence-corrected chi connectivity index (χ3v) is 1.44. The third-order valence-electron chi connectivity index (χ3n) is 1.44. The van der Waals surface area contributed by atoms with Gasteiger partial charge < -0.3 is 10.9 Å². The number of aliphatic hydroxyl groups excluding tert-OH is 1. The highest BCUT2D eigenvalue weighted by molar-refractivity contribution is 5.64. The highest BCUT2D eigenvalue weighted by Crippen LogP contribution is 2.15. The van der Waals surface area contributed by atoms with Gasteiger partial charge in [0.05, 0.1) is 5.92 Å². The van der Waals surface area contributed by atoms with Crippen molar-refractivity contribution in [2.24, 2.45) is 16.9 Å². The molecule has 1 aliphatic rings. The summed E-state index contributed by atoms with van der Waals surface area (Å²) in [5.74, 6) is 5.24. The first-order valence-electron chi connectivity index (χ1n) is 3.13. The number of hydrazone groups is 1. The van der Waals surface area contributed by atoms with E-state index in [4.69, 9.17) is 10.9 Å². The lowest BCUT2D eigenvalue weighted by Gasteiger charge is -2.10. The fraction of sp³-hybridized carbons (Fsp3) is 0.286. The zero-order valence-electron chi connectivity index (χ0n) is 5.57. The smallest absolute Gasteiger partial charge is 0.101 e. The maximum absolute atomic E-state index is 9.16. The lowest BCUT2D eigenvalue weighted by atomic mass is 10.0. The van der Waals surface area contributed by atoms with Crippen LogP contribution in [-0.2, 0) is 0 Å². The van der Waals surface area contributed by atoms with Crippen LogP contribution in [0.25, 0.3) is 0 Å². The number of hydrogen-bond acceptors (Lipinski definition) is 3. The Morgan fingerprint density at radius 2 is 2.60 bits per heavy atom. The molecule has 0 aromatic carbocycles. The molecule has 0 aromatic heterocycles. The van der Waals surface area contributed by atoms with Crippen molar-refractivity contribution >= 4 is 6.21 Å². The molecule has 0 saturated heterocycles. The van der Waals surface area contributed by atoms with Crippen LogP contribution in [0.3, 0.4) is 0 Å². The second-order valence-corrected chi connectivity index (χ2v) is 2.16. The van der Waals surface area contributed by atoms with E-state index >= 15 is 0 Å². The van der Waals surface area contributed by atoms with E-state index in [2.05, 4.69) is 5.10 Å². The Balaban J connectivity index is 2.64. The van der Waals surface area contributed by atoms with Crippen molar-refractivity contribution in [3.63, 3.8) is 0 Å². The zero-order chi connectivity index (χ0) is 7.40. The van der Waals surface area contributed by atoms with Crippen LogP contribution in [0.5, 0.6) is 0 Å². The molecule has 1 atom stereocenters. The molecule has 0 aromatic rings. The average molecular weight is 138 g/mol. The van der Waals surface area contributed by atoms with Gasteiger partial charge in [-0.3, -0.25) is 0 Å². The standard InChI is InChI=1S/C7H10N2O/c8-9-5-6-3-1-2-4-7(6)10/h1-2,4-6,10H,3,8H2/b9-5+. The first kappa shape index (κ1) is 6.86. The van der Waals surface area contributed by atoms with Gasteiger partial charge in [-0.05, 0) is 12.5 Å². The van der Waals surface area contributed by atoms with E-state index in [1.54, 1.807) is 6.08 Å². The summed E-state index contributed by atoms with van der Waals surface area (Å²) >= 11 is 0. The van der Waals surface area contributed by atoms with Crippen molar-refractivity contribution in [3.8, 4) is 0 Å². The van der Waals surface area contributed by atoms with E-state index in [0.29, 0.717) is 5.76 Å². The molecule has 0 amide bonds. The molecule has 0 radical (unpaired) electrons. The molecule has 0 fully saturated rings. The van der Waals surface area contributed by atoms with E-state index in [0.717, 1.165) is 6.42 Å². The van der Waals surface area contributed by atoms with Crippen LogP contribution >= 0.6 is 0 Å². The average Bonchev–Trinajstić information content (AvgIpc) is 1.94. The van der Waals surface area contributed by atoms with E-state index in [9.17, 15) is 0 Å². The molecule has 0 spiro atoms. The molecule has 10 heavy (non-hydrogen) atoms. The van der Waals surface area contributed by atoms with Gasteiger partial charge >= 0.3 is 0 Å². The number of nitrogens with zero attached hydrogens (tertiary/aromatic N) is 1. The summed E-state index contributed by atoms with van der Waals surface area (Å²) in [5, 5.41) is 12.5. The molecular weight excluding hydrogens is 128 g/mol. The lowest BCUT2D eigenvalue weighted by Crippen LogP contribution is -2.07. The van der Waals surface area contributed by atoms with Crippen molar-refractivity contribution in [3.05, 3.63) is 24.0 Å². The fourth-order valence-electron chi connectivity index (χ4n) is 0.877. The van der Waals surface area contributed by atoms with Gasteiger partial charge in [-0.2, -0.15) is 5.10 Å². The molecule has 0 bridgehead atoms. The Morgan fingerprint density at radius 1 is 1.80 bits per heavy atom. The Morgan fingerprint density at radius 3 is 3.20 bits per heavy atom. The first-order valence-corrected chi connectivity index (χ1v) is 3.13.